The van der Waals surface area contributed by atoms with Crippen LogP contribution in [-0.4, -0.2) is 23.5 Å². The van der Waals surface area contributed by atoms with Gasteiger partial charge in [-0.2, -0.15) is 0 Å². The number of hydrogen-bond acceptors (Lipinski definition) is 3. The lowest BCUT2D eigenvalue weighted by Crippen LogP contribution is -2.54. The van der Waals surface area contributed by atoms with Gasteiger partial charge in [0.15, 0.2) is 6.10 Å². The molecule has 0 aromatic rings. The molecule has 70 valence electrons. The van der Waals surface area contributed by atoms with Crippen molar-refractivity contribution in [3.05, 3.63) is 0 Å². The van der Waals surface area contributed by atoms with Gasteiger partial charge < -0.3 is 10.1 Å². The van der Waals surface area contributed by atoms with Gasteiger partial charge in [-0.05, 0) is 12.8 Å². The summed E-state index contributed by atoms with van der Waals surface area (Å²) >= 11 is 0. The molecular weight excluding hydrogens is 170 g/mol. The van der Waals surface area contributed by atoms with Crippen LogP contribution in [0.25, 0.3) is 0 Å². The van der Waals surface area contributed by atoms with Crippen LogP contribution >= 0.6 is 0 Å². The second-order valence-corrected chi connectivity index (χ2v) is 4.14. The van der Waals surface area contributed by atoms with Crippen LogP contribution < -0.4 is 5.32 Å². The van der Waals surface area contributed by atoms with Crippen LogP contribution in [0.15, 0.2) is 0 Å². The summed E-state index contributed by atoms with van der Waals surface area (Å²) in [6.07, 6.45) is 3.34. The highest BCUT2D eigenvalue weighted by molar-refractivity contribution is 6.01. The van der Waals surface area contributed by atoms with Crippen molar-refractivity contribution in [3.63, 3.8) is 0 Å². The largest absolute Gasteiger partial charge is 0.450 e. The van der Waals surface area contributed by atoms with Crippen LogP contribution in [0.3, 0.4) is 0 Å². The summed E-state index contributed by atoms with van der Waals surface area (Å²) in [4.78, 5) is 22.9. The fourth-order valence-corrected chi connectivity index (χ4v) is 2.90. The van der Waals surface area contributed by atoms with E-state index in [-0.39, 0.29) is 17.8 Å². The Bertz CT molecular complexity index is 301. The van der Waals surface area contributed by atoms with Gasteiger partial charge in [0.2, 0.25) is 0 Å². The predicted octanol–water partition coefficient (Wildman–Crippen LogP) is -0.0294. The van der Waals surface area contributed by atoms with E-state index >= 15 is 0 Å². The number of nitrogens with one attached hydrogen (secondary N) is 1. The summed E-state index contributed by atoms with van der Waals surface area (Å²) < 4.78 is 5.06. The molecule has 2 heterocycles. The smallest absolute Gasteiger partial charge is 0.333 e. The highest BCUT2D eigenvalue weighted by Crippen LogP contribution is 2.47. The number of hydrogen-bond donors (Lipinski definition) is 1. The van der Waals surface area contributed by atoms with E-state index in [1.807, 2.05) is 0 Å². The average molecular weight is 181 g/mol. The van der Waals surface area contributed by atoms with Crippen LogP contribution in [0.1, 0.15) is 25.7 Å². The number of carbonyl (C=O) groups is 2. The summed E-state index contributed by atoms with van der Waals surface area (Å²) in [6.45, 7) is 0. The summed E-state index contributed by atoms with van der Waals surface area (Å²) in [5.74, 6) is -0.186. The summed E-state index contributed by atoms with van der Waals surface area (Å²) in [6, 6.07) is 0. The SMILES string of the molecule is O=C1N[C@]23CCCC[C@@H]2[C@H]1OC3=O. The third-order valence-corrected chi connectivity index (χ3v) is 3.54. The Labute approximate surface area is 75.6 Å². The molecule has 0 radical (unpaired) electrons. The Kier molecular flexibility index (Phi) is 1.16. The first-order valence-electron chi connectivity index (χ1n) is 4.77. The van der Waals surface area contributed by atoms with Gasteiger partial charge in [-0.1, -0.05) is 12.8 Å². The Hall–Kier alpha value is -1.06. The van der Waals surface area contributed by atoms with Gasteiger partial charge in [0.1, 0.15) is 5.54 Å². The van der Waals surface area contributed by atoms with Gasteiger partial charge in [0.05, 0.1) is 0 Å². The Balaban J connectivity index is 2.07. The molecule has 0 aromatic heterocycles. The van der Waals surface area contributed by atoms with E-state index < -0.39 is 11.6 Å². The molecule has 2 aliphatic heterocycles. The standard InChI is InChI=1S/C9H11NO3/c11-7-6-5-3-1-2-4-9(5,10-7)8(12)13-6/h5-6H,1-4H2,(H,10,11)/t5-,6-,9-/m1/s1. The van der Waals surface area contributed by atoms with Crippen molar-refractivity contribution in [1.82, 2.24) is 5.32 Å². The van der Waals surface area contributed by atoms with Gasteiger partial charge >= 0.3 is 5.97 Å². The van der Waals surface area contributed by atoms with E-state index in [2.05, 4.69) is 5.32 Å². The number of carbonyl (C=O) groups excluding carboxylic acids is 2. The van der Waals surface area contributed by atoms with Crippen molar-refractivity contribution in [2.45, 2.75) is 37.3 Å². The van der Waals surface area contributed by atoms with Crippen molar-refractivity contribution < 1.29 is 14.3 Å². The molecule has 1 amide bonds. The highest BCUT2D eigenvalue weighted by atomic mass is 16.6. The molecule has 0 unspecified atom stereocenters. The third-order valence-electron chi connectivity index (χ3n) is 3.54. The summed E-state index contributed by atoms with van der Waals surface area (Å²) in [5, 5.41) is 2.81. The lowest BCUT2D eigenvalue weighted by molar-refractivity contribution is -0.157. The lowest BCUT2D eigenvalue weighted by Gasteiger charge is -2.31. The molecular formula is C9H11NO3. The van der Waals surface area contributed by atoms with Crippen molar-refractivity contribution in [1.29, 1.82) is 0 Å². The second-order valence-electron chi connectivity index (χ2n) is 4.14. The summed E-state index contributed by atoms with van der Waals surface area (Å²) in [5.41, 5.74) is -0.625. The number of rotatable bonds is 0. The lowest BCUT2D eigenvalue weighted by atomic mass is 9.75. The van der Waals surface area contributed by atoms with E-state index in [1.54, 1.807) is 0 Å². The minimum atomic E-state index is -0.625. The van der Waals surface area contributed by atoms with E-state index in [0.717, 1.165) is 25.7 Å². The molecule has 2 bridgehead atoms. The van der Waals surface area contributed by atoms with Gasteiger partial charge in [-0.3, -0.25) is 4.79 Å². The van der Waals surface area contributed by atoms with Gasteiger partial charge in [-0.25, -0.2) is 4.79 Å². The number of morpholine rings is 1. The monoisotopic (exact) mass is 181 g/mol. The van der Waals surface area contributed by atoms with Crippen molar-refractivity contribution in [3.8, 4) is 0 Å². The molecule has 1 saturated carbocycles. The van der Waals surface area contributed by atoms with Crippen LogP contribution in [0.2, 0.25) is 0 Å². The van der Waals surface area contributed by atoms with E-state index in [4.69, 9.17) is 4.74 Å². The van der Waals surface area contributed by atoms with Gasteiger partial charge in [-0.15, -0.1) is 0 Å². The quantitative estimate of drug-likeness (QED) is 0.534. The first-order valence-corrected chi connectivity index (χ1v) is 4.77. The van der Waals surface area contributed by atoms with Crippen LogP contribution in [0.4, 0.5) is 0 Å². The maximum atomic E-state index is 11.5. The molecule has 0 aromatic carbocycles. The molecule has 3 aliphatic rings. The number of ether oxygens (including phenoxy) is 1. The molecule has 1 N–H and O–H groups in total. The Morgan fingerprint density at radius 1 is 1.38 bits per heavy atom. The van der Waals surface area contributed by atoms with E-state index in [0.29, 0.717) is 0 Å². The van der Waals surface area contributed by atoms with E-state index in [9.17, 15) is 9.59 Å². The zero-order valence-electron chi connectivity index (χ0n) is 7.21. The zero-order chi connectivity index (χ0) is 9.05. The molecule has 1 aliphatic carbocycles. The predicted molar refractivity (Wildman–Crippen MR) is 42.7 cm³/mol. The van der Waals surface area contributed by atoms with Crippen LogP contribution in [-0.2, 0) is 14.3 Å². The topological polar surface area (TPSA) is 55.4 Å². The first kappa shape index (κ1) is 7.35. The number of esters is 1. The highest BCUT2D eigenvalue weighted by Gasteiger charge is 2.66. The number of amides is 1. The maximum Gasteiger partial charge on any atom is 0.333 e. The van der Waals surface area contributed by atoms with Gasteiger partial charge in [0, 0.05) is 5.92 Å². The van der Waals surface area contributed by atoms with Crippen LogP contribution in [0, 0.1) is 5.92 Å². The molecule has 3 rings (SSSR count). The summed E-state index contributed by atoms with van der Waals surface area (Å²) in [7, 11) is 0. The Morgan fingerprint density at radius 3 is 3.00 bits per heavy atom. The van der Waals surface area contributed by atoms with Crippen molar-refractivity contribution in [2.24, 2.45) is 5.92 Å². The minimum Gasteiger partial charge on any atom is -0.450 e. The normalized spacial score (nSPS) is 47.1. The molecule has 0 spiro atoms. The third kappa shape index (κ3) is 0.677. The minimum absolute atomic E-state index is 0.0912. The van der Waals surface area contributed by atoms with Crippen molar-refractivity contribution >= 4 is 11.9 Å². The van der Waals surface area contributed by atoms with E-state index in [1.165, 1.54) is 0 Å². The fourth-order valence-electron chi connectivity index (χ4n) is 2.90. The second kappa shape index (κ2) is 2.05. The molecule has 3 fully saturated rings. The average Bonchev–Trinajstić information content (AvgIpc) is 2.54. The molecule has 4 nitrogen and oxygen atoms in total. The molecule has 2 saturated heterocycles. The van der Waals surface area contributed by atoms with Crippen LogP contribution in [0.5, 0.6) is 0 Å². The molecule has 3 atom stereocenters. The molecule has 4 heteroatoms. The maximum absolute atomic E-state index is 11.5. The van der Waals surface area contributed by atoms with Gasteiger partial charge in [0.25, 0.3) is 5.91 Å². The molecule has 13 heavy (non-hydrogen) atoms. The first-order chi connectivity index (χ1) is 6.24. The Morgan fingerprint density at radius 2 is 2.23 bits per heavy atom. The zero-order valence-corrected chi connectivity index (χ0v) is 7.21. The fraction of sp³-hybridized carbons (Fsp3) is 0.778. The van der Waals surface area contributed by atoms with Crippen molar-refractivity contribution in [2.75, 3.05) is 0 Å².